The van der Waals surface area contributed by atoms with Gasteiger partial charge in [0.25, 0.3) is 0 Å². The summed E-state index contributed by atoms with van der Waals surface area (Å²) in [5.74, 6) is 1.23. The normalized spacial score (nSPS) is 15.8. The van der Waals surface area contributed by atoms with E-state index in [1.807, 2.05) is 24.3 Å². The molecule has 6 heteroatoms. The van der Waals surface area contributed by atoms with Crippen LogP contribution in [0, 0.1) is 0 Å². The number of hydrogen-bond donors (Lipinski definition) is 1. The van der Waals surface area contributed by atoms with Gasteiger partial charge in [-0.15, -0.1) is 0 Å². The fraction of sp³-hybridized carbons (Fsp3) is 0.348. The van der Waals surface area contributed by atoms with E-state index in [1.54, 1.807) is 32.4 Å². The number of ether oxygens (including phenoxy) is 3. The monoisotopic (exact) mass is 459 g/mol. The van der Waals surface area contributed by atoms with Crippen molar-refractivity contribution in [3.63, 3.8) is 0 Å². The molecule has 0 aromatic heterocycles. The summed E-state index contributed by atoms with van der Waals surface area (Å²) in [6.45, 7) is 1.96. The molecule has 29 heavy (non-hydrogen) atoms. The first-order valence-corrected chi connectivity index (χ1v) is 10.4. The predicted molar refractivity (Wildman–Crippen MR) is 117 cm³/mol. The molecule has 0 spiro atoms. The first kappa shape index (κ1) is 21.4. The molecular weight excluding hydrogens is 434 g/mol. The Kier molecular flexibility index (Phi) is 7.34. The lowest BCUT2D eigenvalue weighted by molar-refractivity contribution is -0.116. The zero-order valence-electron chi connectivity index (χ0n) is 16.7. The summed E-state index contributed by atoms with van der Waals surface area (Å²) in [5.41, 5.74) is 1.94. The molecule has 0 unspecified atom stereocenters. The third-order valence-electron chi connectivity index (χ3n) is 5.29. The van der Waals surface area contributed by atoms with Gasteiger partial charge in [0, 0.05) is 41.8 Å². The number of amides is 1. The lowest BCUT2D eigenvalue weighted by Crippen LogP contribution is -2.44. The second kappa shape index (κ2) is 9.94. The first-order valence-electron chi connectivity index (χ1n) is 9.57. The maximum Gasteiger partial charge on any atom is 0.244 e. The summed E-state index contributed by atoms with van der Waals surface area (Å²) in [4.78, 5) is 12.5. The van der Waals surface area contributed by atoms with Crippen molar-refractivity contribution >= 4 is 27.9 Å². The minimum Gasteiger partial charge on any atom is -0.497 e. The van der Waals surface area contributed by atoms with Crippen LogP contribution in [0.4, 0.5) is 0 Å². The molecule has 0 bridgehead atoms. The predicted octanol–water partition coefficient (Wildman–Crippen LogP) is 4.34. The van der Waals surface area contributed by atoms with Crippen LogP contribution >= 0.6 is 15.9 Å². The smallest absolute Gasteiger partial charge is 0.244 e. The number of carbonyl (C=O) groups is 1. The Hall–Kier alpha value is -2.31. The molecule has 1 fully saturated rings. The Morgan fingerprint density at radius 3 is 2.45 bits per heavy atom. The lowest BCUT2D eigenvalue weighted by Gasteiger charge is -2.38. The Morgan fingerprint density at radius 1 is 1.14 bits per heavy atom. The molecule has 5 nitrogen and oxygen atoms in total. The second-order valence-electron chi connectivity index (χ2n) is 7.10. The maximum absolute atomic E-state index is 12.5. The number of nitrogens with one attached hydrogen (secondary N) is 1. The van der Waals surface area contributed by atoms with Crippen LogP contribution in [0.25, 0.3) is 6.08 Å². The number of halogens is 1. The van der Waals surface area contributed by atoms with Crippen molar-refractivity contribution in [1.29, 1.82) is 0 Å². The second-order valence-corrected chi connectivity index (χ2v) is 8.02. The highest BCUT2D eigenvalue weighted by Crippen LogP contribution is 2.35. The summed E-state index contributed by atoms with van der Waals surface area (Å²) in [5, 5.41) is 3.08. The van der Waals surface area contributed by atoms with E-state index in [-0.39, 0.29) is 11.3 Å². The lowest BCUT2D eigenvalue weighted by atomic mass is 9.74. The summed E-state index contributed by atoms with van der Waals surface area (Å²) in [7, 11) is 3.20. The molecule has 1 amide bonds. The molecule has 2 aromatic rings. The molecular formula is C23H26BrNO4. The fourth-order valence-electron chi connectivity index (χ4n) is 3.56. The zero-order valence-corrected chi connectivity index (χ0v) is 18.3. The van der Waals surface area contributed by atoms with Crippen LogP contribution in [0.3, 0.4) is 0 Å². The van der Waals surface area contributed by atoms with Crippen LogP contribution in [-0.2, 0) is 14.9 Å². The number of rotatable bonds is 7. The van der Waals surface area contributed by atoms with Crippen molar-refractivity contribution in [2.45, 2.75) is 18.3 Å². The molecule has 1 heterocycles. The van der Waals surface area contributed by atoms with Crippen molar-refractivity contribution in [1.82, 2.24) is 5.32 Å². The van der Waals surface area contributed by atoms with Gasteiger partial charge in [-0.25, -0.2) is 0 Å². The Bertz CT molecular complexity index is 853. The fourth-order valence-corrected chi connectivity index (χ4v) is 3.96. The van der Waals surface area contributed by atoms with Crippen molar-refractivity contribution in [2.75, 3.05) is 34.0 Å². The van der Waals surface area contributed by atoms with Gasteiger partial charge in [0.2, 0.25) is 5.91 Å². The molecule has 1 N–H and O–H groups in total. The van der Waals surface area contributed by atoms with Gasteiger partial charge in [0.05, 0.1) is 14.2 Å². The third kappa shape index (κ3) is 5.61. The highest BCUT2D eigenvalue weighted by atomic mass is 79.9. The topological polar surface area (TPSA) is 56.8 Å². The van der Waals surface area contributed by atoms with Gasteiger partial charge in [0.1, 0.15) is 11.5 Å². The van der Waals surface area contributed by atoms with Crippen LogP contribution in [-0.4, -0.2) is 39.9 Å². The van der Waals surface area contributed by atoms with Crippen molar-refractivity contribution in [3.8, 4) is 11.5 Å². The Morgan fingerprint density at radius 2 is 1.83 bits per heavy atom. The first-order chi connectivity index (χ1) is 14.0. The summed E-state index contributed by atoms with van der Waals surface area (Å²) >= 11 is 3.56. The highest BCUT2D eigenvalue weighted by Gasteiger charge is 2.34. The van der Waals surface area contributed by atoms with E-state index in [4.69, 9.17) is 14.2 Å². The SMILES string of the molecule is COc1cc(/C=C/C(=O)NCC2(c3cccc(Br)c3)CCOCC2)cc(OC)c1. The molecule has 1 saturated heterocycles. The van der Waals surface area contributed by atoms with E-state index >= 15 is 0 Å². The largest absolute Gasteiger partial charge is 0.497 e. The van der Waals surface area contributed by atoms with E-state index in [9.17, 15) is 4.79 Å². The molecule has 2 aromatic carbocycles. The number of hydrogen-bond acceptors (Lipinski definition) is 4. The highest BCUT2D eigenvalue weighted by molar-refractivity contribution is 9.10. The number of carbonyl (C=O) groups excluding carboxylic acids is 1. The van der Waals surface area contributed by atoms with Crippen LogP contribution in [0.5, 0.6) is 11.5 Å². The van der Waals surface area contributed by atoms with Crippen LogP contribution in [0.2, 0.25) is 0 Å². The minimum absolute atomic E-state index is 0.120. The summed E-state index contributed by atoms with van der Waals surface area (Å²) in [6, 6.07) is 13.8. The third-order valence-corrected chi connectivity index (χ3v) is 5.78. The average Bonchev–Trinajstić information content (AvgIpc) is 2.76. The van der Waals surface area contributed by atoms with E-state index in [2.05, 4.69) is 33.4 Å². The van der Waals surface area contributed by atoms with E-state index < -0.39 is 0 Å². The number of methoxy groups -OCH3 is 2. The molecule has 3 rings (SSSR count). The summed E-state index contributed by atoms with van der Waals surface area (Å²) in [6.07, 6.45) is 5.05. The van der Waals surface area contributed by atoms with Crippen molar-refractivity contribution in [3.05, 3.63) is 64.1 Å². The van der Waals surface area contributed by atoms with E-state index in [0.717, 1.165) is 22.9 Å². The van der Waals surface area contributed by atoms with Crippen LogP contribution < -0.4 is 14.8 Å². The number of benzene rings is 2. The molecule has 0 aliphatic carbocycles. The average molecular weight is 460 g/mol. The van der Waals surface area contributed by atoms with Gasteiger partial charge in [-0.2, -0.15) is 0 Å². The standard InChI is InChI=1S/C23H26BrNO4/c1-27-20-12-17(13-21(15-20)28-2)6-7-22(26)25-16-23(8-10-29-11-9-23)18-4-3-5-19(24)14-18/h3-7,12-15H,8-11,16H2,1-2H3,(H,25,26)/b7-6+. The molecule has 1 aliphatic rings. The van der Waals surface area contributed by atoms with Gasteiger partial charge in [-0.05, 0) is 54.3 Å². The molecule has 0 saturated carbocycles. The van der Waals surface area contributed by atoms with Gasteiger partial charge in [-0.1, -0.05) is 28.1 Å². The quantitative estimate of drug-likeness (QED) is 0.625. The van der Waals surface area contributed by atoms with Gasteiger partial charge >= 0.3 is 0 Å². The maximum atomic E-state index is 12.5. The minimum atomic E-state index is -0.132. The van der Waals surface area contributed by atoms with Crippen LogP contribution in [0.1, 0.15) is 24.0 Å². The Labute approximate surface area is 180 Å². The van der Waals surface area contributed by atoms with Crippen molar-refractivity contribution < 1.29 is 19.0 Å². The van der Waals surface area contributed by atoms with Gasteiger partial charge < -0.3 is 19.5 Å². The molecule has 0 radical (unpaired) electrons. The van der Waals surface area contributed by atoms with E-state index in [0.29, 0.717) is 31.3 Å². The molecule has 1 aliphatic heterocycles. The summed E-state index contributed by atoms with van der Waals surface area (Å²) < 4.78 is 17.2. The zero-order chi connectivity index (χ0) is 20.7. The van der Waals surface area contributed by atoms with Gasteiger partial charge in [-0.3, -0.25) is 4.79 Å². The molecule has 0 atom stereocenters. The molecule has 154 valence electrons. The van der Waals surface area contributed by atoms with Crippen molar-refractivity contribution in [2.24, 2.45) is 0 Å². The van der Waals surface area contributed by atoms with Gasteiger partial charge in [0.15, 0.2) is 0 Å². The Balaban J connectivity index is 1.70. The van der Waals surface area contributed by atoms with Crippen LogP contribution in [0.15, 0.2) is 53.0 Å². The van der Waals surface area contributed by atoms with E-state index in [1.165, 1.54) is 5.56 Å².